The Labute approximate surface area is 165 Å². The number of likely N-dealkylation sites (tertiary alicyclic amines) is 1. The summed E-state index contributed by atoms with van der Waals surface area (Å²) in [6.07, 6.45) is 9.56. The summed E-state index contributed by atoms with van der Waals surface area (Å²) in [6, 6.07) is 1.36. The summed E-state index contributed by atoms with van der Waals surface area (Å²) in [4.78, 5) is 18.2. The summed E-state index contributed by atoms with van der Waals surface area (Å²) in [7, 11) is 0. The van der Waals surface area contributed by atoms with E-state index in [4.69, 9.17) is 5.73 Å². The van der Waals surface area contributed by atoms with Crippen LogP contribution >= 0.6 is 24.8 Å². The number of hydrogen-bond donors (Lipinski definition) is 1. The van der Waals surface area contributed by atoms with Gasteiger partial charge < -0.3 is 15.5 Å². The molecule has 0 aromatic carbocycles. The Morgan fingerprint density at radius 2 is 1.64 bits per heavy atom. The fraction of sp³-hybridized carbons (Fsp3) is 0.947. The van der Waals surface area contributed by atoms with Crippen molar-refractivity contribution >= 4 is 30.7 Å². The van der Waals surface area contributed by atoms with Gasteiger partial charge >= 0.3 is 0 Å². The van der Waals surface area contributed by atoms with Gasteiger partial charge in [-0.2, -0.15) is 0 Å². The maximum atomic E-state index is 13.4. The van der Waals surface area contributed by atoms with Crippen molar-refractivity contribution in [1.29, 1.82) is 0 Å². The molecule has 25 heavy (non-hydrogen) atoms. The largest absolute Gasteiger partial charge is 0.335 e. The summed E-state index contributed by atoms with van der Waals surface area (Å²) in [6.45, 7) is 5.63. The minimum Gasteiger partial charge on any atom is -0.335 e. The molecule has 4 aliphatic rings. The van der Waals surface area contributed by atoms with Crippen LogP contribution in [0.4, 0.5) is 0 Å². The normalized spacial score (nSPS) is 40.6. The highest BCUT2D eigenvalue weighted by molar-refractivity contribution is 5.85. The van der Waals surface area contributed by atoms with Crippen molar-refractivity contribution in [2.75, 3.05) is 19.6 Å². The van der Waals surface area contributed by atoms with E-state index in [0.29, 0.717) is 35.9 Å². The van der Waals surface area contributed by atoms with E-state index >= 15 is 0 Å². The molecule has 0 aromatic heterocycles. The van der Waals surface area contributed by atoms with Crippen LogP contribution in [-0.2, 0) is 4.79 Å². The second kappa shape index (κ2) is 8.77. The van der Waals surface area contributed by atoms with Gasteiger partial charge in [-0.1, -0.05) is 13.3 Å². The number of rotatable bonds is 2. The maximum absolute atomic E-state index is 13.4. The molecule has 4 bridgehead atoms. The van der Waals surface area contributed by atoms with Crippen molar-refractivity contribution in [3.63, 3.8) is 0 Å². The number of carbonyl (C=O) groups excluding carboxylic acids is 1. The van der Waals surface area contributed by atoms with Crippen LogP contribution in [0.15, 0.2) is 0 Å². The van der Waals surface area contributed by atoms with E-state index < -0.39 is 0 Å². The van der Waals surface area contributed by atoms with Crippen molar-refractivity contribution in [2.24, 2.45) is 23.5 Å². The van der Waals surface area contributed by atoms with E-state index in [0.717, 1.165) is 25.9 Å². The van der Waals surface area contributed by atoms with Crippen LogP contribution < -0.4 is 5.73 Å². The first kappa shape index (κ1) is 21.3. The van der Waals surface area contributed by atoms with E-state index in [-0.39, 0.29) is 30.7 Å². The van der Waals surface area contributed by atoms with Crippen LogP contribution in [0.1, 0.15) is 58.3 Å². The molecule has 2 N–H and O–H groups in total. The summed E-state index contributed by atoms with van der Waals surface area (Å²) < 4.78 is 0. The summed E-state index contributed by atoms with van der Waals surface area (Å²) in [5, 5.41) is 0. The zero-order valence-electron chi connectivity index (χ0n) is 15.4. The molecular weight excluding hydrogens is 357 g/mol. The molecule has 0 spiro atoms. The Bertz CT molecular complexity index is 450. The van der Waals surface area contributed by atoms with Crippen molar-refractivity contribution in [3.05, 3.63) is 0 Å². The second-order valence-electron chi connectivity index (χ2n) is 8.51. The molecule has 4 fully saturated rings. The molecule has 0 aromatic rings. The number of hydrogen-bond acceptors (Lipinski definition) is 3. The van der Waals surface area contributed by atoms with Gasteiger partial charge in [-0.3, -0.25) is 4.79 Å². The lowest BCUT2D eigenvalue weighted by atomic mass is 9.65. The van der Waals surface area contributed by atoms with Crippen molar-refractivity contribution < 1.29 is 4.79 Å². The number of likely N-dealkylation sites (N-methyl/N-ethyl adjacent to an activating group) is 1. The molecule has 2 aliphatic carbocycles. The van der Waals surface area contributed by atoms with Gasteiger partial charge in [0.05, 0.1) is 0 Å². The van der Waals surface area contributed by atoms with Gasteiger partial charge in [-0.05, 0) is 63.3 Å². The maximum Gasteiger partial charge on any atom is 0.226 e. The zero-order chi connectivity index (χ0) is 16.0. The van der Waals surface area contributed by atoms with Crippen LogP contribution in [0.25, 0.3) is 0 Å². The third-order valence-corrected chi connectivity index (χ3v) is 7.33. The highest BCUT2D eigenvalue weighted by atomic mass is 35.5. The van der Waals surface area contributed by atoms with Crippen LogP contribution in [0, 0.1) is 17.8 Å². The van der Waals surface area contributed by atoms with E-state index in [1.165, 1.54) is 45.1 Å². The molecule has 2 saturated heterocycles. The van der Waals surface area contributed by atoms with Crippen molar-refractivity contribution in [3.8, 4) is 0 Å². The highest BCUT2D eigenvalue weighted by Crippen LogP contribution is 2.43. The molecule has 4 rings (SSSR count). The second-order valence-corrected chi connectivity index (χ2v) is 8.51. The van der Waals surface area contributed by atoms with Gasteiger partial charge in [-0.15, -0.1) is 24.8 Å². The third kappa shape index (κ3) is 3.97. The Kier molecular flexibility index (Phi) is 7.46. The third-order valence-electron chi connectivity index (χ3n) is 7.33. The monoisotopic (exact) mass is 391 g/mol. The smallest absolute Gasteiger partial charge is 0.226 e. The summed E-state index contributed by atoms with van der Waals surface area (Å²) in [5.74, 6) is 1.96. The molecule has 1 amide bonds. The van der Waals surface area contributed by atoms with Gasteiger partial charge in [0.1, 0.15) is 0 Å². The number of halogens is 2. The number of carbonyl (C=O) groups is 1. The van der Waals surface area contributed by atoms with Gasteiger partial charge in [0, 0.05) is 37.1 Å². The standard InChI is InChI=1S/C19H33N3O.2ClH/c1-2-21-9-8-16-6-7-17(12-21)22(16)19(23)15-10-13-4-3-5-14(11-15)18(13)20;;/h13-18H,2-12,20H2,1H3;2*1H. The molecule has 4 nitrogen and oxygen atoms in total. The van der Waals surface area contributed by atoms with Gasteiger partial charge in [0.2, 0.25) is 5.91 Å². The molecule has 146 valence electrons. The predicted octanol–water partition coefficient (Wildman–Crippen LogP) is 3.07. The predicted molar refractivity (Wildman–Crippen MR) is 106 cm³/mol. The Balaban J connectivity index is 0.00000113. The minimum atomic E-state index is 0. The number of amides is 1. The first-order valence-corrected chi connectivity index (χ1v) is 9.97. The number of nitrogens with zero attached hydrogens (tertiary/aromatic N) is 2. The lowest BCUT2D eigenvalue weighted by Crippen LogP contribution is -2.52. The fourth-order valence-corrected chi connectivity index (χ4v) is 5.99. The van der Waals surface area contributed by atoms with Gasteiger partial charge in [0.25, 0.3) is 0 Å². The first-order chi connectivity index (χ1) is 11.2. The van der Waals surface area contributed by atoms with E-state index in [1.54, 1.807) is 0 Å². The van der Waals surface area contributed by atoms with Crippen molar-refractivity contribution in [2.45, 2.75) is 76.4 Å². The van der Waals surface area contributed by atoms with E-state index in [2.05, 4.69) is 16.7 Å². The van der Waals surface area contributed by atoms with Crippen LogP contribution in [0.2, 0.25) is 0 Å². The lowest BCUT2D eigenvalue weighted by molar-refractivity contribution is -0.141. The van der Waals surface area contributed by atoms with Crippen LogP contribution in [-0.4, -0.2) is 53.5 Å². The zero-order valence-corrected chi connectivity index (χ0v) is 17.1. The highest BCUT2D eigenvalue weighted by Gasteiger charge is 2.46. The molecule has 0 radical (unpaired) electrons. The van der Waals surface area contributed by atoms with Gasteiger partial charge in [0.15, 0.2) is 0 Å². The average Bonchev–Trinajstić information content (AvgIpc) is 2.81. The summed E-state index contributed by atoms with van der Waals surface area (Å²) in [5.41, 5.74) is 6.42. The van der Waals surface area contributed by atoms with Crippen LogP contribution in [0.5, 0.6) is 0 Å². The number of fused-ring (bicyclic) bond motifs is 4. The SMILES string of the molecule is CCN1CCC2CCC(C1)N2C(=O)C1CC2CCCC(C1)C2N.Cl.Cl. The fourth-order valence-electron chi connectivity index (χ4n) is 5.99. The molecule has 6 heteroatoms. The molecule has 4 atom stereocenters. The van der Waals surface area contributed by atoms with Crippen LogP contribution in [0.3, 0.4) is 0 Å². The van der Waals surface area contributed by atoms with E-state index in [9.17, 15) is 4.79 Å². The summed E-state index contributed by atoms with van der Waals surface area (Å²) >= 11 is 0. The minimum absolute atomic E-state index is 0. The first-order valence-electron chi connectivity index (χ1n) is 9.97. The average molecular weight is 392 g/mol. The molecule has 2 saturated carbocycles. The molecule has 4 unspecified atom stereocenters. The molecule has 2 heterocycles. The quantitative estimate of drug-likeness (QED) is 0.786. The Morgan fingerprint density at radius 3 is 2.28 bits per heavy atom. The van der Waals surface area contributed by atoms with E-state index in [1.807, 2.05) is 0 Å². The molecular formula is C19H35Cl2N3O. The molecule has 2 aliphatic heterocycles. The lowest BCUT2D eigenvalue weighted by Gasteiger charge is -2.45. The van der Waals surface area contributed by atoms with Crippen molar-refractivity contribution in [1.82, 2.24) is 9.80 Å². The Morgan fingerprint density at radius 1 is 1.00 bits per heavy atom. The Hall–Kier alpha value is -0.0300. The van der Waals surface area contributed by atoms with Gasteiger partial charge in [-0.25, -0.2) is 0 Å². The number of nitrogens with two attached hydrogens (primary N) is 1. The topological polar surface area (TPSA) is 49.6 Å².